The molecule has 42 heavy (non-hydrogen) atoms. The van der Waals surface area contributed by atoms with Crippen molar-refractivity contribution in [3.63, 3.8) is 0 Å². The molecule has 3 heterocycles. The summed E-state index contributed by atoms with van der Waals surface area (Å²) < 4.78 is 0. The lowest BCUT2D eigenvalue weighted by molar-refractivity contribution is 1.20. The molecule has 0 bridgehead atoms. The maximum absolute atomic E-state index is 9.35. The Morgan fingerprint density at radius 2 is 1.12 bits per heavy atom. The van der Waals surface area contributed by atoms with Crippen molar-refractivity contribution in [2.75, 3.05) is 0 Å². The number of nitrogens with zero attached hydrogens (tertiary/aromatic N) is 6. The minimum Gasteiger partial charge on any atom is -0.276 e. The molecule has 0 radical (unpaired) electrons. The number of benzene rings is 4. The molecule has 0 spiro atoms. The van der Waals surface area contributed by atoms with Crippen molar-refractivity contribution in [2.24, 2.45) is 0 Å². The molecule has 6 heteroatoms. The minimum atomic E-state index is 0.473. The average molecular weight is 537 g/mol. The fourth-order valence-corrected chi connectivity index (χ4v) is 5.46. The van der Waals surface area contributed by atoms with Gasteiger partial charge in [0.2, 0.25) is 5.69 Å². The first kappa shape index (κ1) is 24.8. The summed E-state index contributed by atoms with van der Waals surface area (Å²) in [5.74, 6) is 0. The zero-order chi connectivity index (χ0) is 28.5. The van der Waals surface area contributed by atoms with Crippen LogP contribution in [0.5, 0.6) is 0 Å². The summed E-state index contributed by atoms with van der Waals surface area (Å²) in [5.41, 5.74) is 8.28. The standard InChI is InChI=1S/C36H20N6/c1-38-28-15-26(18-40-20-28)24-10-12-25(13-11-24)35-29-6-2-4-8-31(29)36(32-9-5-3-7-30(32)35)34-22-41-21-33(42-34)27-14-23(16-37)17-39-19-27/h2-15,17-22H. The van der Waals surface area contributed by atoms with Gasteiger partial charge in [-0.05, 0) is 55.9 Å². The first-order chi connectivity index (χ1) is 20.7. The molecular formula is C36H20N6. The van der Waals surface area contributed by atoms with E-state index >= 15 is 0 Å². The summed E-state index contributed by atoms with van der Waals surface area (Å²) in [4.78, 5) is 21.5. The van der Waals surface area contributed by atoms with Gasteiger partial charge in [0.05, 0.1) is 35.9 Å². The summed E-state index contributed by atoms with van der Waals surface area (Å²) in [6.45, 7) is 7.32. The molecule has 0 aliphatic carbocycles. The molecule has 7 rings (SSSR count). The SMILES string of the molecule is [C-]#[N+]c1cncc(-c2ccc(-c3c4ccccc4c(-c4cncc(-c5cncc(C#N)c5)n4)c4ccccc34)cc2)c1. The lowest BCUT2D eigenvalue weighted by atomic mass is 9.87. The molecule has 0 N–H and O–H groups in total. The van der Waals surface area contributed by atoms with Gasteiger partial charge in [-0.1, -0.05) is 72.8 Å². The minimum absolute atomic E-state index is 0.473. The summed E-state index contributed by atoms with van der Waals surface area (Å²) in [5, 5.41) is 13.7. The van der Waals surface area contributed by atoms with Crippen molar-refractivity contribution in [3.8, 4) is 50.8 Å². The van der Waals surface area contributed by atoms with Crippen molar-refractivity contribution in [1.82, 2.24) is 19.9 Å². The Labute approximate surface area is 242 Å². The topological polar surface area (TPSA) is 79.7 Å². The molecule has 0 saturated heterocycles. The zero-order valence-electron chi connectivity index (χ0n) is 22.2. The maximum atomic E-state index is 9.35. The molecule has 4 aromatic carbocycles. The van der Waals surface area contributed by atoms with Gasteiger partial charge >= 0.3 is 0 Å². The van der Waals surface area contributed by atoms with E-state index < -0.39 is 0 Å². The molecule has 0 atom stereocenters. The van der Waals surface area contributed by atoms with Crippen LogP contribution < -0.4 is 0 Å². The highest BCUT2D eigenvalue weighted by atomic mass is 14.8. The number of rotatable bonds is 4. The highest BCUT2D eigenvalue weighted by Gasteiger charge is 2.18. The van der Waals surface area contributed by atoms with Gasteiger partial charge in [-0.2, -0.15) is 5.26 Å². The Hall–Kier alpha value is -6.24. The third kappa shape index (κ3) is 4.30. The quantitative estimate of drug-likeness (QED) is 0.166. The van der Waals surface area contributed by atoms with E-state index in [0.29, 0.717) is 16.9 Å². The van der Waals surface area contributed by atoms with E-state index in [9.17, 15) is 5.26 Å². The van der Waals surface area contributed by atoms with E-state index in [4.69, 9.17) is 11.6 Å². The maximum Gasteiger partial charge on any atom is 0.205 e. The van der Waals surface area contributed by atoms with E-state index in [1.807, 2.05) is 18.2 Å². The monoisotopic (exact) mass is 536 g/mol. The largest absolute Gasteiger partial charge is 0.276 e. The van der Waals surface area contributed by atoms with Crippen LogP contribution in [-0.2, 0) is 0 Å². The fraction of sp³-hybridized carbons (Fsp3) is 0. The van der Waals surface area contributed by atoms with Crippen LogP contribution in [0.15, 0.2) is 122 Å². The van der Waals surface area contributed by atoms with Gasteiger partial charge in [0, 0.05) is 35.9 Å². The van der Waals surface area contributed by atoms with Gasteiger partial charge < -0.3 is 0 Å². The highest BCUT2D eigenvalue weighted by Crippen LogP contribution is 2.43. The van der Waals surface area contributed by atoms with Crippen LogP contribution in [0.1, 0.15) is 5.56 Å². The predicted octanol–water partition coefficient (Wildman–Crippen LogP) is 8.66. The van der Waals surface area contributed by atoms with Crippen molar-refractivity contribution in [1.29, 1.82) is 5.26 Å². The van der Waals surface area contributed by atoms with Crippen LogP contribution in [0.25, 0.3) is 71.2 Å². The van der Waals surface area contributed by atoms with Crippen molar-refractivity contribution in [2.45, 2.75) is 0 Å². The Kier molecular flexibility index (Phi) is 6.13. The van der Waals surface area contributed by atoms with Crippen molar-refractivity contribution in [3.05, 3.63) is 139 Å². The zero-order valence-corrected chi connectivity index (χ0v) is 22.2. The highest BCUT2D eigenvalue weighted by molar-refractivity contribution is 6.21. The molecule has 0 amide bonds. The first-order valence-corrected chi connectivity index (χ1v) is 13.3. The van der Waals surface area contributed by atoms with Gasteiger partial charge in [-0.25, -0.2) is 9.83 Å². The second-order valence-corrected chi connectivity index (χ2v) is 9.83. The lowest BCUT2D eigenvalue weighted by Crippen LogP contribution is -1.95. The van der Waals surface area contributed by atoms with Crippen LogP contribution in [0.3, 0.4) is 0 Å². The average Bonchev–Trinajstić information content (AvgIpc) is 3.07. The number of pyridine rings is 2. The Balaban J connectivity index is 1.43. The molecule has 7 aromatic rings. The van der Waals surface area contributed by atoms with Crippen molar-refractivity contribution < 1.29 is 0 Å². The van der Waals surface area contributed by atoms with E-state index in [-0.39, 0.29) is 0 Å². The van der Waals surface area contributed by atoms with Gasteiger partial charge in [0.15, 0.2) is 0 Å². The van der Waals surface area contributed by atoms with Crippen molar-refractivity contribution >= 4 is 27.2 Å². The molecule has 0 aliphatic heterocycles. The number of nitriles is 1. The third-order valence-corrected chi connectivity index (χ3v) is 7.35. The second kappa shape index (κ2) is 10.4. The van der Waals surface area contributed by atoms with Gasteiger partial charge in [0.25, 0.3) is 0 Å². The van der Waals surface area contributed by atoms with E-state index in [2.05, 4.69) is 86.5 Å². The van der Waals surface area contributed by atoms with Gasteiger partial charge in [-0.15, -0.1) is 0 Å². The summed E-state index contributed by atoms with van der Waals surface area (Å²) in [6, 6.07) is 30.9. The number of fused-ring (bicyclic) bond motifs is 2. The molecule has 6 nitrogen and oxygen atoms in total. The first-order valence-electron chi connectivity index (χ1n) is 13.3. The third-order valence-electron chi connectivity index (χ3n) is 7.35. The van der Waals surface area contributed by atoms with Crippen LogP contribution in [0.4, 0.5) is 5.69 Å². The van der Waals surface area contributed by atoms with E-state index in [0.717, 1.165) is 60.6 Å². The molecule has 3 aromatic heterocycles. The van der Waals surface area contributed by atoms with Crippen LogP contribution in [0, 0.1) is 17.9 Å². The Morgan fingerprint density at radius 3 is 1.79 bits per heavy atom. The van der Waals surface area contributed by atoms with Crippen LogP contribution >= 0.6 is 0 Å². The summed E-state index contributed by atoms with van der Waals surface area (Å²) in [6.07, 6.45) is 10.1. The Morgan fingerprint density at radius 1 is 0.548 bits per heavy atom. The molecule has 0 aliphatic rings. The van der Waals surface area contributed by atoms with Crippen LogP contribution in [0.2, 0.25) is 0 Å². The van der Waals surface area contributed by atoms with E-state index in [1.165, 1.54) is 6.20 Å². The smallest absolute Gasteiger partial charge is 0.205 e. The summed E-state index contributed by atoms with van der Waals surface area (Å²) >= 11 is 0. The molecule has 194 valence electrons. The molecule has 0 unspecified atom stereocenters. The number of hydrogen-bond acceptors (Lipinski definition) is 5. The normalized spacial score (nSPS) is 10.8. The number of aromatic nitrogens is 4. The predicted molar refractivity (Wildman–Crippen MR) is 165 cm³/mol. The molecular weight excluding hydrogens is 516 g/mol. The Bertz CT molecular complexity index is 2170. The second-order valence-electron chi connectivity index (χ2n) is 9.83. The van der Waals surface area contributed by atoms with Gasteiger partial charge in [0.1, 0.15) is 6.07 Å². The molecule has 0 fully saturated rings. The van der Waals surface area contributed by atoms with E-state index in [1.54, 1.807) is 37.1 Å². The number of hydrogen-bond donors (Lipinski definition) is 0. The van der Waals surface area contributed by atoms with Crippen LogP contribution in [-0.4, -0.2) is 19.9 Å². The lowest BCUT2D eigenvalue weighted by Gasteiger charge is -2.17. The summed E-state index contributed by atoms with van der Waals surface area (Å²) in [7, 11) is 0. The van der Waals surface area contributed by atoms with Gasteiger partial charge in [-0.3, -0.25) is 15.0 Å². The fourth-order valence-electron chi connectivity index (χ4n) is 5.46. The molecule has 0 saturated carbocycles.